The molecule has 4 atom stereocenters. The van der Waals surface area contributed by atoms with E-state index in [1.54, 1.807) is 36.0 Å². The van der Waals surface area contributed by atoms with E-state index in [0.29, 0.717) is 42.4 Å². The van der Waals surface area contributed by atoms with Crippen molar-refractivity contribution in [3.63, 3.8) is 0 Å². The van der Waals surface area contributed by atoms with Gasteiger partial charge < -0.3 is 19.5 Å². The molecule has 2 aliphatic rings. The average molecular weight is 394 g/mol. The van der Waals surface area contributed by atoms with Crippen LogP contribution in [0.1, 0.15) is 29.6 Å². The van der Waals surface area contributed by atoms with E-state index in [0.717, 1.165) is 18.8 Å². The largest absolute Gasteiger partial charge is 0.488 e. The average Bonchev–Trinajstić information content (AvgIpc) is 3.08. The van der Waals surface area contributed by atoms with Gasteiger partial charge in [0.05, 0.1) is 18.8 Å². The molecule has 1 aromatic carbocycles. The highest BCUT2D eigenvalue weighted by Crippen LogP contribution is 2.38. The Balaban J connectivity index is 1.61. The van der Waals surface area contributed by atoms with Crippen LogP contribution in [0.2, 0.25) is 0 Å². The first kappa shape index (κ1) is 20.0. The molecule has 1 heterocycles. The van der Waals surface area contributed by atoms with Gasteiger partial charge in [0, 0.05) is 25.3 Å². The zero-order chi connectivity index (χ0) is 19.4. The number of aliphatic hydroxyl groups excluding tert-OH is 1. The highest BCUT2D eigenvalue weighted by atomic mass is 32.2. The number of benzene rings is 1. The van der Waals surface area contributed by atoms with Gasteiger partial charge in [0.1, 0.15) is 11.9 Å². The number of methoxy groups -OCH3 is 1. The molecule has 1 aromatic rings. The Morgan fingerprint density at radius 3 is 2.70 bits per heavy atom. The van der Waals surface area contributed by atoms with E-state index in [9.17, 15) is 14.7 Å². The van der Waals surface area contributed by atoms with Crippen LogP contribution in [0, 0.1) is 11.8 Å². The summed E-state index contributed by atoms with van der Waals surface area (Å²) in [5.41, 5.74) is 0.421. The Labute approximate surface area is 164 Å². The molecule has 27 heavy (non-hydrogen) atoms. The molecule has 0 spiro atoms. The zero-order valence-corrected chi connectivity index (χ0v) is 16.6. The quantitative estimate of drug-likeness (QED) is 0.747. The van der Waals surface area contributed by atoms with Gasteiger partial charge in [-0.15, -0.1) is 0 Å². The number of rotatable bonds is 6. The molecule has 7 heteroatoms. The summed E-state index contributed by atoms with van der Waals surface area (Å²) in [6, 6.07) is 6.82. The van der Waals surface area contributed by atoms with Gasteiger partial charge >= 0.3 is 5.97 Å². The summed E-state index contributed by atoms with van der Waals surface area (Å²) in [7, 11) is 1.34. The van der Waals surface area contributed by atoms with Gasteiger partial charge in [0.25, 0.3) is 0 Å². The predicted octanol–water partition coefficient (Wildman–Crippen LogP) is 2.20. The lowest BCUT2D eigenvalue weighted by molar-refractivity contribution is -0.129. The maximum absolute atomic E-state index is 12.3. The Morgan fingerprint density at radius 1 is 1.26 bits per heavy atom. The number of nitrogens with zero attached hydrogens (tertiary/aromatic N) is 1. The molecular formula is C20H27NO5S. The van der Waals surface area contributed by atoms with Crippen LogP contribution in [-0.4, -0.2) is 66.3 Å². The number of hydrogen-bond acceptors (Lipinski definition) is 6. The highest BCUT2D eigenvalue weighted by Gasteiger charge is 2.43. The molecule has 0 unspecified atom stereocenters. The van der Waals surface area contributed by atoms with Gasteiger partial charge in [-0.05, 0) is 49.1 Å². The second-order valence-corrected chi connectivity index (χ2v) is 8.26. The molecule has 0 aromatic heterocycles. The molecule has 3 rings (SSSR count). The Morgan fingerprint density at radius 2 is 2.00 bits per heavy atom. The first-order valence-corrected chi connectivity index (χ1v) is 10.7. The normalized spacial score (nSPS) is 27.1. The first-order chi connectivity index (χ1) is 13.0. The number of ether oxygens (including phenoxy) is 2. The monoisotopic (exact) mass is 393 g/mol. The number of esters is 1. The molecule has 0 radical (unpaired) electrons. The van der Waals surface area contributed by atoms with E-state index in [1.165, 1.54) is 7.11 Å². The number of hydrogen-bond donors (Lipinski definition) is 1. The molecule has 1 amide bonds. The fraction of sp³-hybridized carbons (Fsp3) is 0.600. The molecule has 0 bridgehead atoms. The Hall–Kier alpha value is -1.73. The van der Waals surface area contributed by atoms with Gasteiger partial charge in [-0.25, -0.2) is 4.79 Å². The van der Waals surface area contributed by atoms with Crippen LogP contribution in [0.4, 0.5) is 0 Å². The molecule has 148 valence electrons. The van der Waals surface area contributed by atoms with Crippen LogP contribution in [-0.2, 0) is 9.53 Å². The van der Waals surface area contributed by atoms with E-state index in [4.69, 9.17) is 9.47 Å². The van der Waals surface area contributed by atoms with Crippen molar-refractivity contribution in [3.05, 3.63) is 29.8 Å². The molecule has 1 N–H and O–H groups in total. The summed E-state index contributed by atoms with van der Waals surface area (Å²) in [6.45, 7) is 1.48. The molecule has 1 saturated carbocycles. The van der Waals surface area contributed by atoms with Crippen molar-refractivity contribution in [2.75, 3.05) is 32.2 Å². The molecule has 2 fully saturated rings. The minimum Gasteiger partial charge on any atom is -0.488 e. The number of fused-ring (bicyclic) bond motifs is 1. The fourth-order valence-corrected chi connectivity index (χ4v) is 4.44. The van der Waals surface area contributed by atoms with E-state index >= 15 is 0 Å². The van der Waals surface area contributed by atoms with E-state index in [1.807, 2.05) is 11.2 Å². The SMILES string of the molecule is COC(=O)c1cccc(O[C@@H]2C[C@@H]3CN(C(=O)CCSC)C[C@@H]3C[C@H]2O)c1. The third-order valence-electron chi connectivity index (χ3n) is 5.50. The first-order valence-electron chi connectivity index (χ1n) is 9.31. The minimum atomic E-state index is -0.575. The van der Waals surface area contributed by atoms with Gasteiger partial charge in [0.2, 0.25) is 5.91 Å². The number of likely N-dealkylation sites (tertiary alicyclic amines) is 1. The maximum Gasteiger partial charge on any atom is 0.337 e. The number of carbonyl (C=O) groups is 2. The smallest absolute Gasteiger partial charge is 0.337 e. The third-order valence-corrected chi connectivity index (χ3v) is 6.11. The summed E-state index contributed by atoms with van der Waals surface area (Å²) in [5, 5.41) is 10.5. The van der Waals surface area contributed by atoms with Crippen LogP contribution in [0.15, 0.2) is 24.3 Å². The van der Waals surface area contributed by atoms with Crippen molar-refractivity contribution in [3.8, 4) is 5.75 Å². The zero-order valence-electron chi connectivity index (χ0n) is 15.8. The van der Waals surface area contributed by atoms with Gasteiger partial charge in [-0.2, -0.15) is 11.8 Å². The molecule has 6 nitrogen and oxygen atoms in total. The van der Waals surface area contributed by atoms with Crippen LogP contribution >= 0.6 is 11.8 Å². The van der Waals surface area contributed by atoms with E-state index in [-0.39, 0.29) is 12.0 Å². The third kappa shape index (κ3) is 4.76. The summed E-state index contributed by atoms with van der Waals surface area (Å²) in [4.78, 5) is 25.9. The standard InChI is InChI=1S/C20H27NO5S/c1-25-20(24)13-4-3-5-16(8-13)26-18-10-15-12-21(19(23)6-7-27-2)11-14(15)9-17(18)22/h3-5,8,14-15,17-18,22H,6-7,9-12H2,1-2H3/t14-,15+,17+,18+/m0/s1. The van der Waals surface area contributed by atoms with Crippen molar-refractivity contribution in [1.82, 2.24) is 4.90 Å². The van der Waals surface area contributed by atoms with Crippen LogP contribution < -0.4 is 4.74 Å². The van der Waals surface area contributed by atoms with Crippen molar-refractivity contribution < 1.29 is 24.2 Å². The van der Waals surface area contributed by atoms with Gasteiger partial charge in [-0.3, -0.25) is 4.79 Å². The Kier molecular flexibility index (Phi) is 6.65. The van der Waals surface area contributed by atoms with Crippen molar-refractivity contribution in [1.29, 1.82) is 0 Å². The van der Waals surface area contributed by atoms with Crippen molar-refractivity contribution in [2.24, 2.45) is 11.8 Å². The summed E-state index contributed by atoms with van der Waals surface area (Å²) in [5.74, 6) is 1.86. The van der Waals surface area contributed by atoms with Gasteiger partial charge in [-0.1, -0.05) is 6.07 Å². The van der Waals surface area contributed by atoms with E-state index < -0.39 is 12.1 Å². The van der Waals surface area contributed by atoms with Crippen LogP contribution in [0.25, 0.3) is 0 Å². The van der Waals surface area contributed by atoms with Crippen LogP contribution in [0.5, 0.6) is 5.75 Å². The molecule has 1 aliphatic carbocycles. The van der Waals surface area contributed by atoms with Crippen molar-refractivity contribution in [2.45, 2.75) is 31.5 Å². The second kappa shape index (κ2) is 8.97. The van der Waals surface area contributed by atoms with Crippen LogP contribution in [0.3, 0.4) is 0 Å². The summed E-state index contributed by atoms with van der Waals surface area (Å²) in [6.07, 6.45) is 3.02. The lowest BCUT2D eigenvalue weighted by atomic mass is 9.78. The van der Waals surface area contributed by atoms with Crippen molar-refractivity contribution >= 4 is 23.6 Å². The summed E-state index contributed by atoms with van der Waals surface area (Å²) >= 11 is 1.68. The maximum atomic E-state index is 12.3. The van der Waals surface area contributed by atoms with Gasteiger partial charge in [0.15, 0.2) is 0 Å². The molecular weight excluding hydrogens is 366 g/mol. The number of amides is 1. The highest BCUT2D eigenvalue weighted by molar-refractivity contribution is 7.98. The lowest BCUT2D eigenvalue weighted by Crippen LogP contribution is -2.42. The number of thioether (sulfide) groups is 1. The molecule has 1 saturated heterocycles. The predicted molar refractivity (Wildman–Crippen MR) is 104 cm³/mol. The summed E-state index contributed by atoms with van der Waals surface area (Å²) < 4.78 is 10.7. The second-order valence-electron chi connectivity index (χ2n) is 7.28. The number of aliphatic hydroxyl groups is 1. The Bertz CT molecular complexity index is 682. The lowest BCUT2D eigenvalue weighted by Gasteiger charge is -2.35. The van der Waals surface area contributed by atoms with E-state index in [2.05, 4.69) is 0 Å². The minimum absolute atomic E-state index is 0.205. The fourth-order valence-electron chi connectivity index (χ4n) is 4.06. The molecule has 1 aliphatic heterocycles. The topological polar surface area (TPSA) is 76.1 Å². The number of carbonyl (C=O) groups excluding carboxylic acids is 2.